The Hall–Kier alpha value is -2.88. The van der Waals surface area contributed by atoms with Gasteiger partial charge in [-0.1, -0.05) is 60.7 Å². The third kappa shape index (κ3) is 2.32. The Balaban J connectivity index is 1.92. The van der Waals surface area contributed by atoms with Crippen molar-refractivity contribution in [1.82, 2.24) is 9.97 Å². The number of nitrogen functional groups attached to an aromatic ring is 1. The largest absolute Gasteiger partial charge is 0.369 e. The van der Waals surface area contributed by atoms with Crippen molar-refractivity contribution in [2.75, 3.05) is 5.73 Å². The minimum atomic E-state index is -0.125. The third-order valence-corrected chi connectivity index (χ3v) is 4.57. The highest BCUT2D eigenvalue weighted by atomic mass is 16.1. The lowest BCUT2D eigenvalue weighted by atomic mass is 9.82. The number of fused-ring (bicyclic) bond motifs is 1. The average Bonchev–Trinajstić information content (AvgIpc) is 2.96. The van der Waals surface area contributed by atoms with Crippen LogP contribution >= 0.6 is 0 Å². The molecule has 0 saturated carbocycles. The summed E-state index contributed by atoms with van der Waals surface area (Å²) in [6, 6.07) is 20.5. The van der Waals surface area contributed by atoms with Gasteiger partial charge in [0.05, 0.1) is 5.69 Å². The Morgan fingerprint density at radius 3 is 2.22 bits per heavy atom. The van der Waals surface area contributed by atoms with E-state index in [2.05, 4.69) is 34.2 Å². The first-order valence-electron chi connectivity index (χ1n) is 7.72. The van der Waals surface area contributed by atoms with Crippen LogP contribution in [0.15, 0.2) is 65.5 Å². The smallest absolute Gasteiger partial charge is 0.256 e. The molecular weight excluding hydrogens is 286 g/mol. The zero-order valence-corrected chi connectivity index (χ0v) is 12.6. The lowest BCUT2D eigenvalue weighted by Gasteiger charge is -2.20. The van der Waals surface area contributed by atoms with E-state index >= 15 is 0 Å². The number of H-pyrrole nitrogens is 1. The second kappa shape index (κ2) is 5.39. The van der Waals surface area contributed by atoms with E-state index in [0.717, 1.165) is 23.2 Å². The SMILES string of the molecule is Nc1nc2c(c(=O)[nH]1)[C@H](c1ccccc1)[C@H](c1ccccc1)C2. The number of nitrogens with two attached hydrogens (primary N) is 1. The van der Waals surface area contributed by atoms with Crippen LogP contribution in [0.5, 0.6) is 0 Å². The monoisotopic (exact) mass is 303 g/mol. The van der Waals surface area contributed by atoms with Crippen LogP contribution < -0.4 is 11.3 Å². The Labute approximate surface area is 134 Å². The molecule has 2 atom stereocenters. The molecule has 0 saturated heterocycles. The summed E-state index contributed by atoms with van der Waals surface area (Å²) in [4.78, 5) is 19.6. The zero-order chi connectivity index (χ0) is 15.8. The molecule has 4 nitrogen and oxygen atoms in total. The molecule has 1 aliphatic rings. The second-order valence-corrected chi connectivity index (χ2v) is 5.92. The Morgan fingerprint density at radius 2 is 1.57 bits per heavy atom. The predicted octanol–water partition coefficient (Wildman–Crippen LogP) is 2.82. The van der Waals surface area contributed by atoms with E-state index in [1.165, 1.54) is 5.56 Å². The van der Waals surface area contributed by atoms with E-state index in [4.69, 9.17) is 5.73 Å². The third-order valence-electron chi connectivity index (χ3n) is 4.57. The Morgan fingerprint density at radius 1 is 0.957 bits per heavy atom. The summed E-state index contributed by atoms with van der Waals surface area (Å²) in [7, 11) is 0. The number of hydrogen-bond acceptors (Lipinski definition) is 3. The maximum atomic E-state index is 12.5. The van der Waals surface area contributed by atoms with Gasteiger partial charge in [-0.3, -0.25) is 9.78 Å². The van der Waals surface area contributed by atoms with E-state index in [1.807, 2.05) is 36.4 Å². The van der Waals surface area contributed by atoms with Gasteiger partial charge >= 0.3 is 0 Å². The van der Waals surface area contributed by atoms with Crippen LogP contribution in [0, 0.1) is 0 Å². The zero-order valence-electron chi connectivity index (χ0n) is 12.6. The summed E-state index contributed by atoms with van der Waals surface area (Å²) in [6.45, 7) is 0. The number of benzene rings is 2. The topological polar surface area (TPSA) is 71.8 Å². The lowest BCUT2D eigenvalue weighted by Crippen LogP contribution is -2.20. The van der Waals surface area contributed by atoms with Gasteiger partial charge in [0.25, 0.3) is 5.56 Å². The first kappa shape index (κ1) is 13.8. The first-order chi connectivity index (χ1) is 11.2. The van der Waals surface area contributed by atoms with Crippen LogP contribution in [0.3, 0.4) is 0 Å². The maximum absolute atomic E-state index is 12.5. The minimum absolute atomic E-state index is 0.00505. The van der Waals surface area contributed by atoms with Crippen molar-refractivity contribution in [2.45, 2.75) is 18.3 Å². The fourth-order valence-corrected chi connectivity index (χ4v) is 3.62. The Bertz CT molecular complexity index is 887. The fraction of sp³-hybridized carbons (Fsp3) is 0.158. The van der Waals surface area contributed by atoms with Gasteiger partial charge in [0.15, 0.2) is 0 Å². The quantitative estimate of drug-likeness (QED) is 0.764. The van der Waals surface area contributed by atoms with Crippen molar-refractivity contribution in [1.29, 1.82) is 0 Å². The molecule has 1 heterocycles. The van der Waals surface area contributed by atoms with Gasteiger partial charge in [-0.25, -0.2) is 4.98 Å². The summed E-state index contributed by atoms with van der Waals surface area (Å²) in [5, 5.41) is 0. The molecule has 4 rings (SSSR count). The molecule has 23 heavy (non-hydrogen) atoms. The van der Waals surface area contributed by atoms with Crippen LogP contribution in [0.4, 0.5) is 5.95 Å². The number of nitrogens with one attached hydrogen (secondary N) is 1. The second-order valence-electron chi connectivity index (χ2n) is 5.92. The first-order valence-corrected chi connectivity index (χ1v) is 7.72. The van der Waals surface area contributed by atoms with Crippen molar-refractivity contribution in [3.05, 3.63) is 93.4 Å². The summed E-state index contributed by atoms with van der Waals surface area (Å²) in [5.74, 6) is 0.392. The standard InChI is InChI=1S/C19H17N3O/c20-19-21-15-11-14(12-7-3-1-4-8-12)16(17(15)18(23)22-19)13-9-5-2-6-10-13/h1-10,14,16H,11H2,(H3,20,21,22,23)/t14-,16+/m0/s1. The van der Waals surface area contributed by atoms with Crippen LogP contribution in [-0.2, 0) is 6.42 Å². The molecule has 4 heteroatoms. The minimum Gasteiger partial charge on any atom is -0.369 e. The van der Waals surface area contributed by atoms with Gasteiger partial charge in [-0.15, -0.1) is 0 Å². The molecule has 0 radical (unpaired) electrons. The highest BCUT2D eigenvalue weighted by Gasteiger charge is 2.37. The van der Waals surface area contributed by atoms with Gasteiger partial charge < -0.3 is 5.73 Å². The van der Waals surface area contributed by atoms with Crippen molar-refractivity contribution >= 4 is 5.95 Å². The number of hydrogen-bond donors (Lipinski definition) is 2. The van der Waals surface area contributed by atoms with E-state index in [9.17, 15) is 4.79 Å². The van der Waals surface area contributed by atoms with Gasteiger partial charge in [0.1, 0.15) is 0 Å². The van der Waals surface area contributed by atoms with Crippen molar-refractivity contribution in [2.24, 2.45) is 0 Å². The predicted molar refractivity (Wildman–Crippen MR) is 90.4 cm³/mol. The normalized spacial score (nSPS) is 19.5. The number of nitrogens with zero attached hydrogens (tertiary/aromatic N) is 1. The van der Waals surface area contributed by atoms with Crippen LogP contribution in [0.1, 0.15) is 34.2 Å². The van der Waals surface area contributed by atoms with Crippen molar-refractivity contribution in [3.63, 3.8) is 0 Å². The molecule has 0 aliphatic heterocycles. The molecular formula is C19H17N3O. The van der Waals surface area contributed by atoms with Crippen LogP contribution in [0.2, 0.25) is 0 Å². The molecule has 1 aromatic heterocycles. The Kier molecular flexibility index (Phi) is 3.23. The lowest BCUT2D eigenvalue weighted by molar-refractivity contribution is 0.652. The molecule has 0 unspecified atom stereocenters. The molecule has 1 aliphatic carbocycles. The summed E-state index contributed by atoms with van der Waals surface area (Å²) in [6.07, 6.45) is 0.729. The van der Waals surface area contributed by atoms with Crippen LogP contribution in [-0.4, -0.2) is 9.97 Å². The fourth-order valence-electron chi connectivity index (χ4n) is 3.62. The van der Waals surface area contributed by atoms with E-state index < -0.39 is 0 Å². The number of rotatable bonds is 2. The molecule has 0 bridgehead atoms. The van der Waals surface area contributed by atoms with Crippen LogP contribution in [0.25, 0.3) is 0 Å². The maximum Gasteiger partial charge on any atom is 0.256 e. The summed E-state index contributed by atoms with van der Waals surface area (Å²) < 4.78 is 0. The summed E-state index contributed by atoms with van der Waals surface area (Å²) in [5.41, 5.74) is 9.53. The van der Waals surface area contributed by atoms with E-state index in [-0.39, 0.29) is 23.3 Å². The molecule has 3 aromatic rings. The molecule has 0 spiro atoms. The van der Waals surface area contributed by atoms with Crippen molar-refractivity contribution in [3.8, 4) is 0 Å². The van der Waals surface area contributed by atoms with Gasteiger partial charge in [-0.2, -0.15) is 0 Å². The number of anilines is 1. The average molecular weight is 303 g/mol. The number of aromatic amines is 1. The van der Waals surface area contributed by atoms with Gasteiger partial charge in [0, 0.05) is 17.4 Å². The summed E-state index contributed by atoms with van der Waals surface area (Å²) >= 11 is 0. The van der Waals surface area contributed by atoms with Gasteiger partial charge in [0.2, 0.25) is 5.95 Å². The molecule has 2 aromatic carbocycles. The van der Waals surface area contributed by atoms with E-state index in [1.54, 1.807) is 0 Å². The van der Waals surface area contributed by atoms with Crippen molar-refractivity contribution < 1.29 is 0 Å². The molecule has 3 N–H and O–H groups in total. The number of aromatic nitrogens is 2. The van der Waals surface area contributed by atoms with Gasteiger partial charge in [-0.05, 0) is 17.5 Å². The highest BCUT2D eigenvalue weighted by molar-refractivity contribution is 5.46. The molecule has 114 valence electrons. The van der Waals surface area contributed by atoms with E-state index in [0.29, 0.717) is 0 Å². The molecule has 0 fully saturated rings. The highest BCUT2D eigenvalue weighted by Crippen LogP contribution is 2.45. The molecule has 0 amide bonds.